The SMILES string of the molecule is C=CCOc1ccc(C=C2SC(=Nc3ccc(F)cc3)NC2=O)cc1Br. The van der Waals surface area contributed by atoms with Gasteiger partial charge in [0, 0.05) is 0 Å². The first-order chi connectivity index (χ1) is 12.5. The van der Waals surface area contributed by atoms with Crippen molar-refractivity contribution >= 4 is 50.5 Å². The van der Waals surface area contributed by atoms with Crippen LogP contribution in [0.25, 0.3) is 6.08 Å². The standard InChI is InChI=1S/C19H14BrFN2O2S/c1-2-9-25-16-8-3-12(10-15(16)20)11-17-18(24)23-19(26-17)22-14-6-4-13(21)5-7-14/h2-8,10-11H,1,9H2,(H,22,23,24). The van der Waals surface area contributed by atoms with Gasteiger partial charge in [0.15, 0.2) is 5.17 Å². The average Bonchev–Trinajstić information content (AvgIpc) is 2.95. The van der Waals surface area contributed by atoms with Crippen LogP contribution in [0.2, 0.25) is 0 Å². The fourth-order valence-electron chi connectivity index (χ4n) is 2.14. The van der Waals surface area contributed by atoms with Crippen molar-refractivity contribution in [2.45, 2.75) is 0 Å². The highest BCUT2D eigenvalue weighted by Gasteiger charge is 2.23. The van der Waals surface area contributed by atoms with E-state index in [2.05, 4.69) is 32.8 Å². The summed E-state index contributed by atoms with van der Waals surface area (Å²) in [5.41, 5.74) is 1.42. The van der Waals surface area contributed by atoms with E-state index in [1.54, 1.807) is 24.3 Å². The van der Waals surface area contributed by atoms with E-state index < -0.39 is 0 Å². The summed E-state index contributed by atoms with van der Waals surface area (Å²) >= 11 is 4.69. The molecule has 0 unspecified atom stereocenters. The van der Waals surface area contributed by atoms with Gasteiger partial charge in [-0.2, -0.15) is 0 Å². The fourth-order valence-corrected chi connectivity index (χ4v) is 3.49. The lowest BCUT2D eigenvalue weighted by Crippen LogP contribution is -2.19. The summed E-state index contributed by atoms with van der Waals surface area (Å²) in [7, 11) is 0. The molecule has 1 heterocycles. The van der Waals surface area contributed by atoms with Gasteiger partial charge in [-0.3, -0.25) is 4.79 Å². The van der Waals surface area contributed by atoms with Gasteiger partial charge in [0.05, 0.1) is 15.1 Å². The van der Waals surface area contributed by atoms with Crippen LogP contribution in [0.5, 0.6) is 5.75 Å². The minimum absolute atomic E-state index is 0.223. The molecule has 1 aliphatic rings. The molecule has 0 radical (unpaired) electrons. The molecule has 0 aromatic heterocycles. The molecule has 1 amide bonds. The zero-order valence-electron chi connectivity index (χ0n) is 13.5. The predicted molar refractivity (Wildman–Crippen MR) is 107 cm³/mol. The Kier molecular flexibility index (Phi) is 5.90. The second-order valence-electron chi connectivity index (χ2n) is 5.25. The molecule has 0 aliphatic carbocycles. The zero-order valence-corrected chi connectivity index (χ0v) is 15.9. The van der Waals surface area contributed by atoms with Gasteiger partial charge in [-0.1, -0.05) is 18.7 Å². The van der Waals surface area contributed by atoms with Crippen molar-refractivity contribution < 1.29 is 13.9 Å². The van der Waals surface area contributed by atoms with E-state index >= 15 is 0 Å². The van der Waals surface area contributed by atoms with Crippen LogP contribution in [0, 0.1) is 5.82 Å². The third-order valence-electron chi connectivity index (χ3n) is 3.32. The Morgan fingerprint density at radius 3 is 2.73 bits per heavy atom. The molecule has 2 aromatic carbocycles. The number of halogens is 2. The smallest absolute Gasteiger partial charge is 0.264 e. The molecule has 1 aliphatic heterocycles. The van der Waals surface area contributed by atoms with Crippen molar-refractivity contribution in [3.63, 3.8) is 0 Å². The normalized spacial score (nSPS) is 16.8. The first kappa shape index (κ1) is 18.4. The number of amidine groups is 1. The van der Waals surface area contributed by atoms with Gasteiger partial charge in [0.2, 0.25) is 0 Å². The molecule has 26 heavy (non-hydrogen) atoms. The second-order valence-corrected chi connectivity index (χ2v) is 7.13. The van der Waals surface area contributed by atoms with Crippen LogP contribution in [0.15, 0.2) is 69.5 Å². The first-order valence-electron chi connectivity index (χ1n) is 7.63. The number of hydrogen-bond donors (Lipinski definition) is 1. The quantitative estimate of drug-likeness (QED) is 0.531. The Balaban J connectivity index is 1.77. The van der Waals surface area contributed by atoms with E-state index in [4.69, 9.17) is 4.74 Å². The average molecular weight is 433 g/mol. The number of carbonyl (C=O) groups excluding carboxylic acids is 1. The van der Waals surface area contributed by atoms with Gasteiger partial charge in [0.25, 0.3) is 5.91 Å². The summed E-state index contributed by atoms with van der Waals surface area (Å²) in [6.45, 7) is 4.03. The Morgan fingerprint density at radius 2 is 2.04 bits per heavy atom. The van der Waals surface area contributed by atoms with Crippen molar-refractivity contribution in [2.75, 3.05) is 6.61 Å². The van der Waals surface area contributed by atoms with Crippen molar-refractivity contribution in [1.29, 1.82) is 0 Å². The second kappa shape index (κ2) is 8.33. The Hall–Kier alpha value is -2.38. The molecule has 132 valence electrons. The number of thioether (sulfide) groups is 1. The van der Waals surface area contributed by atoms with Crippen LogP contribution in [0.4, 0.5) is 10.1 Å². The monoisotopic (exact) mass is 432 g/mol. The number of benzene rings is 2. The van der Waals surface area contributed by atoms with Crippen molar-refractivity contribution in [2.24, 2.45) is 4.99 Å². The van der Waals surface area contributed by atoms with Crippen LogP contribution in [0.3, 0.4) is 0 Å². The molecule has 1 saturated heterocycles. The highest BCUT2D eigenvalue weighted by molar-refractivity contribution is 9.10. The number of hydrogen-bond acceptors (Lipinski definition) is 4. The van der Waals surface area contributed by atoms with Crippen LogP contribution >= 0.6 is 27.7 Å². The molecule has 1 fully saturated rings. The van der Waals surface area contributed by atoms with Gasteiger partial charge in [-0.25, -0.2) is 9.38 Å². The number of nitrogens with one attached hydrogen (secondary N) is 1. The van der Waals surface area contributed by atoms with Gasteiger partial charge in [0.1, 0.15) is 18.2 Å². The number of aliphatic imine (C=N–C) groups is 1. The zero-order chi connectivity index (χ0) is 18.5. The van der Waals surface area contributed by atoms with Gasteiger partial charge >= 0.3 is 0 Å². The van der Waals surface area contributed by atoms with Crippen LogP contribution in [0.1, 0.15) is 5.56 Å². The van der Waals surface area contributed by atoms with E-state index in [-0.39, 0.29) is 11.7 Å². The molecule has 2 aromatic rings. The number of ether oxygens (including phenoxy) is 1. The van der Waals surface area contributed by atoms with Crippen molar-refractivity contribution in [3.05, 3.63) is 75.9 Å². The van der Waals surface area contributed by atoms with Crippen LogP contribution in [-0.2, 0) is 4.79 Å². The van der Waals surface area contributed by atoms with E-state index in [0.717, 1.165) is 10.0 Å². The Morgan fingerprint density at radius 1 is 1.27 bits per heavy atom. The summed E-state index contributed by atoms with van der Waals surface area (Å²) < 4.78 is 19.2. The van der Waals surface area contributed by atoms with E-state index in [1.807, 2.05) is 18.2 Å². The summed E-state index contributed by atoms with van der Waals surface area (Å²) in [5, 5.41) is 3.16. The molecule has 1 N–H and O–H groups in total. The molecule has 0 spiro atoms. The lowest BCUT2D eigenvalue weighted by atomic mass is 10.2. The first-order valence-corrected chi connectivity index (χ1v) is 9.24. The third kappa shape index (κ3) is 4.62. The minimum Gasteiger partial charge on any atom is -0.488 e. The summed E-state index contributed by atoms with van der Waals surface area (Å²) in [4.78, 5) is 17.0. The third-order valence-corrected chi connectivity index (χ3v) is 4.85. The van der Waals surface area contributed by atoms with Crippen molar-refractivity contribution in [1.82, 2.24) is 5.32 Å². The number of rotatable bonds is 5. The Bertz CT molecular complexity index is 910. The fraction of sp³-hybridized carbons (Fsp3) is 0.0526. The molecule has 7 heteroatoms. The molecule has 3 rings (SSSR count). The maximum atomic E-state index is 12.9. The maximum Gasteiger partial charge on any atom is 0.264 e. The largest absolute Gasteiger partial charge is 0.488 e. The minimum atomic E-state index is -0.330. The Labute approximate surface area is 163 Å². The summed E-state index contributed by atoms with van der Waals surface area (Å²) in [5.74, 6) is 0.150. The van der Waals surface area contributed by atoms with E-state index in [1.165, 1.54) is 23.9 Å². The van der Waals surface area contributed by atoms with Crippen LogP contribution < -0.4 is 10.1 Å². The molecule has 0 saturated carbocycles. The van der Waals surface area contributed by atoms with Gasteiger partial charge < -0.3 is 10.1 Å². The topological polar surface area (TPSA) is 50.7 Å². The summed E-state index contributed by atoms with van der Waals surface area (Å²) in [6, 6.07) is 11.3. The van der Waals surface area contributed by atoms with Crippen LogP contribution in [-0.4, -0.2) is 17.7 Å². The van der Waals surface area contributed by atoms with Gasteiger partial charge in [-0.05, 0) is 75.7 Å². The molecule has 4 nitrogen and oxygen atoms in total. The number of carbonyl (C=O) groups is 1. The van der Waals surface area contributed by atoms with E-state index in [9.17, 15) is 9.18 Å². The van der Waals surface area contributed by atoms with Crippen molar-refractivity contribution in [3.8, 4) is 5.75 Å². The molecule has 0 bridgehead atoms. The highest BCUT2D eigenvalue weighted by atomic mass is 79.9. The lowest BCUT2D eigenvalue weighted by molar-refractivity contribution is -0.115. The predicted octanol–water partition coefficient (Wildman–Crippen LogP) is 5.04. The summed E-state index contributed by atoms with van der Waals surface area (Å²) in [6.07, 6.45) is 3.44. The highest BCUT2D eigenvalue weighted by Crippen LogP contribution is 2.31. The molecular weight excluding hydrogens is 419 g/mol. The number of amides is 1. The van der Waals surface area contributed by atoms with Gasteiger partial charge in [-0.15, -0.1) is 0 Å². The number of nitrogens with zero attached hydrogens (tertiary/aromatic N) is 1. The lowest BCUT2D eigenvalue weighted by Gasteiger charge is -2.06. The van der Waals surface area contributed by atoms with E-state index in [0.29, 0.717) is 28.1 Å². The maximum absolute atomic E-state index is 12.9. The molecular formula is C19H14BrFN2O2S. The molecule has 0 atom stereocenters.